The molecule has 4 rings (SSSR count). The van der Waals surface area contributed by atoms with Crippen LogP contribution in [-0.2, 0) is 10.9 Å². The summed E-state index contributed by atoms with van der Waals surface area (Å²) in [5, 5.41) is 8.34. The Hall–Kier alpha value is -4.55. The predicted molar refractivity (Wildman–Crippen MR) is 152 cm³/mol. The van der Waals surface area contributed by atoms with Crippen LogP contribution in [0.5, 0.6) is 11.6 Å². The molecule has 10 nitrogen and oxygen atoms in total. The highest BCUT2D eigenvalue weighted by Gasteiger charge is 2.32. The van der Waals surface area contributed by atoms with Gasteiger partial charge in [0.2, 0.25) is 5.88 Å². The van der Waals surface area contributed by atoms with Crippen molar-refractivity contribution in [3.8, 4) is 11.6 Å². The Kier molecular flexibility index (Phi) is 9.08. The number of ether oxygens (including phenoxy) is 2. The minimum Gasteiger partial charge on any atom is -0.444 e. The van der Waals surface area contributed by atoms with Crippen molar-refractivity contribution in [2.75, 3.05) is 29.0 Å². The van der Waals surface area contributed by atoms with Gasteiger partial charge in [-0.2, -0.15) is 13.2 Å². The highest BCUT2D eigenvalue weighted by Crippen LogP contribution is 2.33. The van der Waals surface area contributed by atoms with E-state index in [1.807, 2.05) is 20.8 Å². The topological polar surface area (TPSA) is 118 Å². The molecule has 1 aliphatic rings. The lowest BCUT2D eigenvalue weighted by Gasteiger charge is -2.33. The van der Waals surface area contributed by atoms with Gasteiger partial charge in [-0.05, 0) is 82.5 Å². The summed E-state index contributed by atoms with van der Waals surface area (Å²) in [5.74, 6) is 1.33. The first-order chi connectivity index (χ1) is 19.7. The molecule has 2 heterocycles. The Morgan fingerprint density at radius 3 is 2.21 bits per heavy atom. The number of carbonyl (C=O) groups excluding carboxylic acids is 2. The first-order valence-electron chi connectivity index (χ1n) is 13.4. The first kappa shape index (κ1) is 30.4. The third-order valence-corrected chi connectivity index (χ3v) is 6.28. The van der Waals surface area contributed by atoms with Crippen LogP contribution in [0.2, 0.25) is 0 Å². The van der Waals surface area contributed by atoms with Gasteiger partial charge in [0.25, 0.3) is 0 Å². The summed E-state index contributed by atoms with van der Waals surface area (Å²) in [6, 6.07) is 11.1. The number of aryl methyl sites for hydroxylation is 1. The van der Waals surface area contributed by atoms with Crippen molar-refractivity contribution >= 4 is 29.3 Å². The molecule has 0 saturated carbocycles. The van der Waals surface area contributed by atoms with Gasteiger partial charge < -0.3 is 30.3 Å². The second kappa shape index (κ2) is 12.5. The van der Waals surface area contributed by atoms with Crippen molar-refractivity contribution in [2.24, 2.45) is 0 Å². The van der Waals surface area contributed by atoms with Gasteiger partial charge in [0.15, 0.2) is 0 Å². The monoisotopic (exact) mass is 586 g/mol. The summed E-state index contributed by atoms with van der Waals surface area (Å²) in [5.41, 5.74) is -0.855. The number of benzene rings is 2. The van der Waals surface area contributed by atoms with Crippen LogP contribution in [0.1, 0.15) is 44.7 Å². The van der Waals surface area contributed by atoms with Gasteiger partial charge in [0.1, 0.15) is 23.5 Å². The fourth-order valence-electron chi connectivity index (χ4n) is 4.24. The molecule has 0 radical (unpaired) electrons. The smallest absolute Gasteiger partial charge is 0.416 e. The Morgan fingerprint density at radius 2 is 1.57 bits per heavy atom. The molecule has 42 heavy (non-hydrogen) atoms. The van der Waals surface area contributed by atoms with Crippen molar-refractivity contribution in [1.29, 1.82) is 0 Å². The van der Waals surface area contributed by atoms with E-state index < -0.39 is 23.4 Å². The van der Waals surface area contributed by atoms with E-state index in [2.05, 4.69) is 25.9 Å². The standard InChI is InChI=1S/C29H33F3N6O4/c1-18-5-6-21(15-23(18)29(30,31)32)37-26(39)36-19-7-9-22(10-8-19)41-25-16-24(33-17-34-25)35-20-11-13-38(14-12-20)27(40)42-28(2,3)4/h5-10,15-17,20H,11-14H2,1-4H3,(H,33,34,35)(H2,36,37,39). The number of piperidine rings is 1. The number of anilines is 3. The largest absolute Gasteiger partial charge is 0.444 e. The van der Waals surface area contributed by atoms with Crippen molar-refractivity contribution in [2.45, 2.75) is 58.4 Å². The average Bonchev–Trinajstić information content (AvgIpc) is 2.90. The minimum atomic E-state index is -4.52. The van der Waals surface area contributed by atoms with Gasteiger partial charge in [-0.25, -0.2) is 19.6 Å². The summed E-state index contributed by atoms with van der Waals surface area (Å²) in [6.07, 6.45) is -1.99. The van der Waals surface area contributed by atoms with Crippen molar-refractivity contribution in [1.82, 2.24) is 14.9 Å². The lowest BCUT2D eigenvalue weighted by molar-refractivity contribution is -0.138. The average molecular weight is 587 g/mol. The Labute approximate surface area is 241 Å². The second-order valence-electron chi connectivity index (χ2n) is 10.9. The van der Waals surface area contributed by atoms with Crippen LogP contribution in [0.4, 0.5) is 40.0 Å². The number of carbonyl (C=O) groups is 2. The van der Waals surface area contributed by atoms with Crippen LogP contribution in [-0.4, -0.2) is 51.7 Å². The molecule has 3 N–H and O–H groups in total. The van der Waals surface area contributed by atoms with Gasteiger partial charge in [-0.1, -0.05) is 6.07 Å². The molecule has 0 unspecified atom stereocenters. The number of nitrogens with zero attached hydrogens (tertiary/aromatic N) is 3. The van der Waals surface area contributed by atoms with Gasteiger partial charge in [-0.3, -0.25) is 0 Å². The molecular formula is C29H33F3N6O4. The Morgan fingerprint density at radius 1 is 0.929 bits per heavy atom. The number of likely N-dealkylation sites (tertiary alicyclic amines) is 1. The number of amides is 3. The summed E-state index contributed by atoms with van der Waals surface area (Å²) < 4.78 is 50.7. The third kappa shape index (κ3) is 8.72. The number of rotatable bonds is 6. The summed E-state index contributed by atoms with van der Waals surface area (Å²) in [7, 11) is 0. The summed E-state index contributed by atoms with van der Waals surface area (Å²) in [4.78, 5) is 34.7. The van der Waals surface area contributed by atoms with Gasteiger partial charge in [-0.15, -0.1) is 0 Å². The molecule has 3 amide bonds. The highest BCUT2D eigenvalue weighted by atomic mass is 19.4. The van der Waals surface area contributed by atoms with Crippen LogP contribution >= 0.6 is 0 Å². The van der Waals surface area contributed by atoms with Gasteiger partial charge in [0, 0.05) is 36.6 Å². The maximum Gasteiger partial charge on any atom is 0.416 e. The van der Waals surface area contributed by atoms with Crippen LogP contribution < -0.4 is 20.7 Å². The molecule has 0 atom stereocenters. The van der Waals surface area contributed by atoms with Gasteiger partial charge in [0.05, 0.1) is 5.56 Å². The van der Waals surface area contributed by atoms with E-state index in [4.69, 9.17) is 9.47 Å². The van der Waals surface area contributed by atoms with Crippen LogP contribution in [0.15, 0.2) is 54.9 Å². The van der Waals surface area contributed by atoms with E-state index in [1.165, 1.54) is 25.4 Å². The van der Waals surface area contributed by atoms with Crippen molar-refractivity contribution < 1.29 is 32.2 Å². The van der Waals surface area contributed by atoms with E-state index in [9.17, 15) is 22.8 Å². The number of nitrogens with one attached hydrogen (secondary N) is 3. The maximum atomic E-state index is 13.1. The molecule has 3 aromatic rings. The van der Waals surface area contributed by atoms with Crippen LogP contribution in [0.3, 0.4) is 0 Å². The molecule has 1 saturated heterocycles. The quantitative estimate of drug-likeness (QED) is 0.283. The second-order valence-corrected chi connectivity index (χ2v) is 10.9. The molecule has 0 aliphatic carbocycles. The molecule has 2 aromatic carbocycles. The van der Waals surface area contributed by atoms with Crippen molar-refractivity contribution in [3.05, 3.63) is 66.0 Å². The molecule has 224 valence electrons. The first-order valence-corrected chi connectivity index (χ1v) is 13.4. The SMILES string of the molecule is Cc1ccc(NC(=O)Nc2ccc(Oc3cc(NC4CCN(C(=O)OC(C)(C)C)CC4)ncn3)cc2)cc1C(F)(F)F. The fraction of sp³-hybridized carbons (Fsp3) is 0.379. The van der Waals surface area contributed by atoms with Crippen LogP contribution in [0, 0.1) is 6.92 Å². The summed E-state index contributed by atoms with van der Waals surface area (Å²) >= 11 is 0. The van der Waals surface area contributed by atoms with Gasteiger partial charge >= 0.3 is 18.3 Å². The van der Waals surface area contributed by atoms with E-state index in [0.717, 1.165) is 18.9 Å². The maximum absolute atomic E-state index is 13.1. The number of hydrogen-bond donors (Lipinski definition) is 3. The molecule has 13 heteroatoms. The number of hydrogen-bond acceptors (Lipinski definition) is 7. The molecule has 1 aromatic heterocycles. The number of halogens is 3. The van der Waals surface area contributed by atoms with E-state index in [0.29, 0.717) is 36.2 Å². The Bertz CT molecular complexity index is 1400. The number of alkyl halides is 3. The molecule has 1 aliphatic heterocycles. The Balaban J connectivity index is 1.27. The van der Waals surface area contributed by atoms with E-state index >= 15 is 0 Å². The molecular weight excluding hydrogens is 553 g/mol. The normalized spacial score (nSPS) is 14.2. The molecule has 1 fully saturated rings. The molecule has 0 bridgehead atoms. The van der Waals surface area contributed by atoms with Crippen molar-refractivity contribution in [3.63, 3.8) is 0 Å². The summed E-state index contributed by atoms with van der Waals surface area (Å²) in [6.45, 7) is 8.01. The molecule has 0 spiro atoms. The number of urea groups is 1. The zero-order valence-corrected chi connectivity index (χ0v) is 23.7. The number of aromatic nitrogens is 2. The fourth-order valence-corrected chi connectivity index (χ4v) is 4.24. The lowest BCUT2D eigenvalue weighted by atomic mass is 10.1. The minimum absolute atomic E-state index is 0.0205. The van der Waals surface area contributed by atoms with Crippen LogP contribution in [0.25, 0.3) is 0 Å². The zero-order chi connectivity index (χ0) is 30.5. The predicted octanol–water partition coefficient (Wildman–Crippen LogP) is 7.05. The third-order valence-electron chi connectivity index (χ3n) is 6.28. The van der Waals surface area contributed by atoms with E-state index in [1.54, 1.807) is 35.2 Å². The zero-order valence-electron chi connectivity index (χ0n) is 23.7. The highest BCUT2D eigenvalue weighted by molar-refractivity contribution is 5.99. The van der Waals surface area contributed by atoms with E-state index in [-0.39, 0.29) is 23.4 Å². The lowest BCUT2D eigenvalue weighted by Crippen LogP contribution is -2.44.